The van der Waals surface area contributed by atoms with E-state index in [4.69, 9.17) is 5.21 Å². The van der Waals surface area contributed by atoms with Gasteiger partial charge in [-0.15, -0.1) is 0 Å². The molecule has 0 saturated carbocycles. The van der Waals surface area contributed by atoms with Crippen molar-refractivity contribution >= 4 is 34.3 Å². The van der Waals surface area contributed by atoms with E-state index in [1.54, 1.807) is 48.1 Å². The number of nitrogens with one attached hydrogen (secondary N) is 2. The molecule has 3 aromatic rings. The lowest BCUT2D eigenvalue weighted by Gasteiger charge is -2.26. The molecule has 2 aromatic carbocycles. The van der Waals surface area contributed by atoms with Crippen LogP contribution in [-0.2, 0) is 16.0 Å². The molecule has 0 fully saturated rings. The van der Waals surface area contributed by atoms with Crippen LogP contribution in [0.5, 0.6) is 0 Å². The van der Waals surface area contributed by atoms with Crippen LogP contribution in [0.3, 0.4) is 0 Å². The molecule has 0 aliphatic carbocycles. The van der Waals surface area contributed by atoms with Crippen molar-refractivity contribution in [1.82, 2.24) is 15.8 Å². The van der Waals surface area contributed by atoms with Gasteiger partial charge in [0.2, 0.25) is 11.8 Å². The first-order valence-corrected chi connectivity index (χ1v) is 12.7. The second kappa shape index (κ2) is 14.8. The zero-order valence-corrected chi connectivity index (χ0v) is 21.2. The summed E-state index contributed by atoms with van der Waals surface area (Å²) in [5.41, 5.74) is 3.96. The van der Waals surface area contributed by atoms with Gasteiger partial charge in [0.1, 0.15) is 0 Å². The maximum atomic E-state index is 13.3. The van der Waals surface area contributed by atoms with Crippen LogP contribution in [0, 0.1) is 0 Å². The Morgan fingerprint density at radius 2 is 1.68 bits per heavy atom. The molecule has 3 rings (SSSR count). The minimum atomic E-state index is -1.11. The highest BCUT2D eigenvalue weighted by Gasteiger charge is 2.22. The number of aromatic nitrogens is 1. The maximum Gasteiger partial charge on any atom is 0.251 e. The van der Waals surface area contributed by atoms with Crippen molar-refractivity contribution in [2.75, 3.05) is 24.6 Å². The molecular formula is C28H34N4O6. The lowest BCUT2D eigenvalue weighted by atomic mass is 10.1. The van der Waals surface area contributed by atoms with Crippen molar-refractivity contribution in [3.63, 3.8) is 0 Å². The molecule has 0 saturated heterocycles. The lowest BCUT2D eigenvalue weighted by molar-refractivity contribution is -0.129. The maximum absolute atomic E-state index is 13.3. The Morgan fingerprint density at radius 3 is 2.42 bits per heavy atom. The van der Waals surface area contributed by atoms with Gasteiger partial charge in [-0.05, 0) is 42.7 Å². The number of aliphatic hydroxyl groups is 2. The average Bonchev–Trinajstić information content (AvgIpc) is 2.95. The Labute approximate surface area is 221 Å². The largest absolute Gasteiger partial charge is 0.394 e. The number of para-hydroxylation sites is 1. The molecule has 0 spiro atoms. The zero-order valence-electron chi connectivity index (χ0n) is 21.2. The minimum absolute atomic E-state index is 0.0393. The van der Waals surface area contributed by atoms with Crippen LogP contribution in [0.25, 0.3) is 10.9 Å². The van der Waals surface area contributed by atoms with Crippen molar-refractivity contribution in [1.29, 1.82) is 0 Å². The Hall–Kier alpha value is -3.86. The lowest BCUT2D eigenvalue weighted by Crippen LogP contribution is -2.40. The molecule has 5 N–H and O–H groups in total. The number of nitrogens with zero attached hydrogens (tertiary/aromatic N) is 2. The number of benzene rings is 2. The van der Waals surface area contributed by atoms with Crippen LogP contribution >= 0.6 is 0 Å². The molecule has 0 radical (unpaired) electrons. The molecule has 1 heterocycles. The van der Waals surface area contributed by atoms with Gasteiger partial charge in [-0.1, -0.05) is 43.2 Å². The highest BCUT2D eigenvalue weighted by atomic mass is 16.5. The topological polar surface area (TPSA) is 152 Å². The van der Waals surface area contributed by atoms with Crippen molar-refractivity contribution in [3.8, 4) is 0 Å². The van der Waals surface area contributed by atoms with Crippen LogP contribution in [-0.4, -0.2) is 63.9 Å². The predicted octanol–water partition coefficient (Wildman–Crippen LogP) is 2.35. The van der Waals surface area contributed by atoms with E-state index in [0.717, 1.165) is 24.6 Å². The second-order valence-corrected chi connectivity index (χ2v) is 9.02. The van der Waals surface area contributed by atoms with E-state index >= 15 is 0 Å². The van der Waals surface area contributed by atoms with E-state index in [2.05, 4.69) is 10.3 Å². The van der Waals surface area contributed by atoms with Crippen molar-refractivity contribution in [2.45, 2.75) is 44.6 Å². The SMILES string of the molecule is O=C(CCCCCCNC(=O)c1ccc(CC(=O)N(CC(O)CO)c2cccc3cccnc23)cc1)NO. The number of hydroxylamine groups is 1. The van der Waals surface area contributed by atoms with E-state index in [1.807, 2.05) is 18.2 Å². The normalized spacial score (nSPS) is 11.7. The summed E-state index contributed by atoms with van der Waals surface area (Å²) in [6.07, 6.45) is 3.98. The number of carbonyl (C=O) groups is 3. The number of carbonyl (C=O) groups excluding carboxylic acids is 3. The van der Waals surface area contributed by atoms with Crippen LogP contribution in [0.1, 0.15) is 48.0 Å². The number of pyridine rings is 1. The average molecular weight is 523 g/mol. The minimum Gasteiger partial charge on any atom is -0.394 e. The molecule has 0 aliphatic heterocycles. The monoisotopic (exact) mass is 522 g/mol. The molecule has 10 nitrogen and oxygen atoms in total. The first kappa shape index (κ1) is 28.7. The first-order valence-electron chi connectivity index (χ1n) is 12.7. The highest BCUT2D eigenvalue weighted by Crippen LogP contribution is 2.26. The summed E-state index contributed by atoms with van der Waals surface area (Å²) in [5.74, 6) is -0.883. The number of aliphatic hydroxyl groups excluding tert-OH is 2. The summed E-state index contributed by atoms with van der Waals surface area (Å²) in [7, 11) is 0. The van der Waals surface area contributed by atoms with Crippen LogP contribution in [0.15, 0.2) is 60.8 Å². The molecule has 1 unspecified atom stereocenters. The summed E-state index contributed by atoms with van der Waals surface area (Å²) in [4.78, 5) is 42.6. The molecule has 0 bridgehead atoms. The van der Waals surface area contributed by atoms with Crippen LogP contribution in [0.2, 0.25) is 0 Å². The van der Waals surface area contributed by atoms with Crippen molar-refractivity contribution < 1.29 is 29.8 Å². The van der Waals surface area contributed by atoms with E-state index in [9.17, 15) is 24.6 Å². The number of rotatable bonds is 14. The number of amides is 3. The van der Waals surface area contributed by atoms with Gasteiger partial charge in [-0.3, -0.25) is 24.6 Å². The standard InChI is InChI=1S/C28H34N4O6/c33-19-23(34)18-32(24-9-5-7-21-8-6-16-29-27(21)24)26(36)17-20-11-13-22(14-12-20)28(37)30-15-4-2-1-3-10-25(35)31-38/h5-9,11-14,16,23,33-34,38H,1-4,10,15,17-19H2,(H,30,37)(H,31,35). The Kier molecular flexibility index (Phi) is 11.2. The van der Waals surface area contributed by atoms with Crippen LogP contribution < -0.4 is 15.7 Å². The quantitative estimate of drug-likeness (QED) is 0.124. The fourth-order valence-electron chi connectivity index (χ4n) is 4.08. The summed E-state index contributed by atoms with van der Waals surface area (Å²) in [6, 6.07) is 15.9. The van der Waals surface area contributed by atoms with E-state index in [-0.39, 0.29) is 31.2 Å². The third kappa shape index (κ3) is 8.34. The molecule has 1 atom stereocenters. The van der Waals surface area contributed by atoms with Gasteiger partial charge in [0, 0.05) is 30.1 Å². The van der Waals surface area contributed by atoms with Crippen molar-refractivity contribution in [2.24, 2.45) is 0 Å². The zero-order chi connectivity index (χ0) is 27.3. The fraction of sp³-hybridized carbons (Fsp3) is 0.357. The third-order valence-corrected chi connectivity index (χ3v) is 6.12. The molecule has 202 valence electrons. The fourth-order valence-corrected chi connectivity index (χ4v) is 4.08. The number of unbranched alkanes of at least 4 members (excludes halogenated alkanes) is 3. The molecular weight excluding hydrogens is 488 g/mol. The summed E-state index contributed by atoms with van der Waals surface area (Å²) < 4.78 is 0. The highest BCUT2D eigenvalue weighted by molar-refractivity contribution is 6.02. The van der Waals surface area contributed by atoms with Gasteiger partial charge in [-0.25, -0.2) is 5.48 Å². The second-order valence-electron chi connectivity index (χ2n) is 9.02. The summed E-state index contributed by atoms with van der Waals surface area (Å²) in [5, 5.41) is 31.7. The third-order valence-electron chi connectivity index (χ3n) is 6.12. The van der Waals surface area contributed by atoms with Crippen molar-refractivity contribution in [3.05, 3.63) is 71.9 Å². The van der Waals surface area contributed by atoms with Gasteiger partial charge < -0.3 is 20.4 Å². The Bertz CT molecular complexity index is 1210. The van der Waals surface area contributed by atoms with Crippen LogP contribution in [0.4, 0.5) is 5.69 Å². The summed E-state index contributed by atoms with van der Waals surface area (Å²) in [6.45, 7) is -0.0563. The smallest absolute Gasteiger partial charge is 0.251 e. The molecule has 1 aromatic heterocycles. The molecule has 3 amide bonds. The van der Waals surface area contributed by atoms with Gasteiger partial charge in [0.15, 0.2) is 0 Å². The molecule has 0 aliphatic rings. The summed E-state index contributed by atoms with van der Waals surface area (Å²) >= 11 is 0. The van der Waals surface area contributed by atoms with Gasteiger partial charge in [-0.2, -0.15) is 0 Å². The van der Waals surface area contributed by atoms with Gasteiger partial charge in [0.25, 0.3) is 5.91 Å². The number of hydrogen-bond donors (Lipinski definition) is 5. The van der Waals surface area contributed by atoms with E-state index < -0.39 is 18.6 Å². The number of fused-ring (bicyclic) bond motifs is 1. The predicted molar refractivity (Wildman–Crippen MR) is 143 cm³/mol. The number of hydrogen-bond acceptors (Lipinski definition) is 7. The number of anilines is 1. The van der Waals surface area contributed by atoms with Gasteiger partial charge >= 0.3 is 0 Å². The van der Waals surface area contributed by atoms with Gasteiger partial charge in [0.05, 0.1) is 36.9 Å². The Balaban J connectivity index is 1.57. The van der Waals surface area contributed by atoms with E-state index in [0.29, 0.717) is 35.3 Å². The molecule has 38 heavy (non-hydrogen) atoms. The first-order chi connectivity index (χ1) is 18.4. The molecule has 10 heteroatoms. The van der Waals surface area contributed by atoms with E-state index in [1.165, 1.54) is 4.90 Å². The Morgan fingerprint density at radius 1 is 0.947 bits per heavy atom.